The number of hydrogen-bond acceptors (Lipinski definition) is 5. The second-order valence-corrected chi connectivity index (χ2v) is 4.67. The van der Waals surface area contributed by atoms with E-state index in [0.717, 1.165) is 26.2 Å². The Bertz CT molecular complexity index is 420. The van der Waals surface area contributed by atoms with Gasteiger partial charge in [-0.05, 0) is 19.2 Å². The molecule has 2 rings (SSSR count). The van der Waals surface area contributed by atoms with Gasteiger partial charge < -0.3 is 15.1 Å². The van der Waals surface area contributed by atoms with Gasteiger partial charge in [0.05, 0.1) is 6.54 Å². The highest BCUT2D eigenvalue weighted by Crippen LogP contribution is 2.26. The lowest BCUT2D eigenvalue weighted by Crippen LogP contribution is -2.46. The summed E-state index contributed by atoms with van der Waals surface area (Å²) in [5, 5.41) is 19.3. The van der Waals surface area contributed by atoms with E-state index in [2.05, 4.69) is 4.90 Å². The van der Waals surface area contributed by atoms with Crippen molar-refractivity contribution in [3.63, 3.8) is 0 Å². The normalized spacial score (nSPS) is 17.8. The van der Waals surface area contributed by atoms with Gasteiger partial charge in [-0.1, -0.05) is 6.07 Å². The predicted octanol–water partition coefficient (Wildman–Crippen LogP) is 0.528. The molecule has 0 aliphatic carbocycles. The number of benzene rings is 1. The van der Waals surface area contributed by atoms with E-state index < -0.39 is 0 Å². The first-order valence-corrected chi connectivity index (χ1v) is 6.03. The van der Waals surface area contributed by atoms with Crippen molar-refractivity contribution in [3.05, 3.63) is 23.8 Å². The van der Waals surface area contributed by atoms with Gasteiger partial charge in [-0.25, -0.2) is 0 Å². The van der Waals surface area contributed by atoms with Crippen LogP contribution in [0, 0.1) is 0 Å². The monoisotopic (exact) mass is 250 g/mol. The van der Waals surface area contributed by atoms with Crippen LogP contribution >= 0.6 is 0 Å². The maximum atomic E-state index is 12.1. The number of carbonyl (C=O) groups is 1. The van der Waals surface area contributed by atoms with Crippen molar-refractivity contribution in [1.82, 2.24) is 9.80 Å². The molecule has 1 heterocycles. The van der Waals surface area contributed by atoms with E-state index in [4.69, 9.17) is 0 Å². The number of hydrogen-bond donors (Lipinski definition) is 2. The van der Waals surface area contributed by atoms with Crippen molar-refractivity contribution in [2.24, 2.45) is 0 Å². The highest BCUT2D eigenvalue weighted by Gasteiger charge is 2.21. The van der Waals surface area contributed by atoms with Crippen molar-refractivity contribution >= 4 is 5.78 Å². The number of likely N-dealkylation sites (N-methyl/N-ethyl adjacent to an activating group) is 1. The first-order valence-electron chi connectivity index (χ1n) is 6.03. The zero-order chi connectivity index (χ0) is 13.1. The molecule has 5 nitrogen and oxygen atoms in total. The highest BCUT2D eigenvalue weighted by molar-refractivity contribution is 6.02. The van der Waals surface area contributed by atoms with E-state index in [0.29, 0.717) is 0 Å². The molecule has 2 N–H and O–H groups in total. The lowest BCUT2D eigenvalue weighted by molar-refractivity contribution is 0.0871. The average molecular weight is 250 g/mol. The third-order valence-electron chi connectivity index (χ3n) is 3.26. The molecule has 0 aromatic heterocycles. The van der Waals surface area contributed by atoms with Gasteiger partial charge in [0.2, 0.25) is 0 Å². The smallest absolute Gasteiger partial charge is 0.184 e. The van der Waals surface area contributed by atoms with E-state index in [9.17, 15) is 15.0 Å². The molecule has 0 spiro atoms. The molecule has 0 bridgehead atoms. The van der Waals surface area contributed by atoms with Gasteiger partial charge in [-0.2, -0.15) is 0 Å². The van der Waals surface area contributed by atoms with Crippen LogP contribution in [-0.4, -0.2) is 65.6 Å². The molecule has 0 atom stereocenters. The number of piperazine rings is 1. The Labute approximate surface area is 106 Å². The van der Waals surface area contributed by atoms with Crippen molar-refractivity contribution in [2.75, 3.05) is 39.8 Å². The van der Waals surface area contributed by atoms with E-state index in [1.165, 1.54) is 18.2 Å². The summed E-state index contributed by atoms with van der Waals surface area (Å²) in [6, 6.07) is 4.34. The van der Waals surface area contributed by atoms with Crippen LogP contribution in [-0.2, 0) is 0 Å². The SMILES string of the molecule is CN1CCN(CC(=O)c2c(O)cccc2O)CC1. The summed E-state index contributed by atoms with van der Waals surface area (Å²) in [6.45, 7) is 3.76. The molecule has 1 saturated heterocycles. The number of rotatable bonds is 3. The van der Waals surface area contributed by atoms with Gasteiger partial charge in [0, 0.05) is 26.2 Å². The van der Waals surface area contributed by atoms with Gasteiger partial charge in [0.15, 0.2) is 5.78 Å². The van der Waals surface area contributed by atoms with Gasteiger partial charge in [-0.15, -0.1) is 0 Å². The maximum absolute atomic E-state index is 12.1. The van der Waals surface area contributed by atoms with Crippen LogP contribution in [0.15, 0.2) is 18.2 Å². The fourth-order valence-electron chi connectivity index (χ4n) is 2.10. The van der Waals surface area contributed by atoms with E-state index >= 15 is 0 Å². The van der Waals surface area contributed by atoms with Gasteiger partial charge in [0.1, 0.15) is 17.1 Å². The van der Waals surface area contributed by atoms with Crippen molar-refractivity contribution in [3.8, 4) is 11.5 Å². The number of Topliss-reactive ketones (excluding diaryl/α,β-unsaturated/α-hetero) is 1. The fraction of sp³-hybridized carbons (Fsp3) is 0.462. The van der Waals surface area contributed by atoms with Crippen molar-refractivity contribution < 1.29 is 15.0 Å². The molecule has 0 amide bonds. The van der Waals surface area contributed by atoms with Crippen molar-refractivity contribution in [1.29, 1.82) is 0 Å². The third-order valence-corrected chi connectivity index (χ3v) is 3.26. The zero-order valence-corrected chi connectivity index (χ0v) is 10.5. The largest absolute Gasteiger partial charge is 0.507 e. The van der Waals surface area contributed by atoms with Crippen LogP contribution in [0.3, 0.4) is 0 Å². The van der Waals surface area contributed by atoms with Gasteiger partial charge in [0.25, 0.3) is 0 Å². The number of phenolic OH excluding ortho intramolecular Hbond substituents is 2. The Balaban J connectivity index is 2.04. The predicted molar refractivity (Wildman–Crippen MR) is 68.0 cm³/mol. The second kappa shape index (κ2) is 5.37. The molecule has 1 fully saturated rings. The lowest BCUT2D eigenvalue weighted by atomic mass is 10.1. The molecule has 0 unspecified atom stereocenters. The van der Waals surface area contributed by atoms with Crippen LogP contribution in [0.2, 0.25) is 0 Å². The number of aromatic hydroxyl groups is 2. The molecule has 5 heteroatoms. The second-order valence-electron chi connectivity index (χ2n) is 4.67. The summed E-state index contributed by atoms with van der Waals surface area (Å²) >= 11 is 0. The number of carbonyl (C=O) groups excluding carboxylic acids is 1. The topological polar surface area (TPSA) is 64.0 Å². The number of nitrogens with zero attached hydrogens (tertiary/aromatic N) is 2. The minimum atomic E-state index is -0.241. The van der Waals surface area contributed by atoms with E-state index in [1.807, 2.05) is 11.9 Å². The van der Waals surface area contributed by atoms with E-state index in [1.54, 1.807) is 0 Å². The Morgan fingerprint density at radius 2 is 1.72 bits per heavy atom. The molecular weight excluding hydrogens is 232 g/mol. The zero-order valence-electron chi connectivity index (χ0n) is 10.5. The molecular formula is C13H18N2O3. The minimum Gasteiger partial charge on any atom is -0.507 e. The van der Waals surface area contributed by atoms with Crippen LogP contribution < -0.4 is 0 Å². The molecule has 1 aliphatic heterocycles. The molecule has 1 aromatic rings. The molecule has 98 valence electrons. The Morgan fingerprint density at radius 1 is 1.17 bits per heavy atom. The molecule has 0 radical (unpaired) electrons. The summed E-state index contributed by atoms with van der Waals surface area (Å²) < 4.78 is 0. The maximum Gasteiger partial charge on any atom is 0.184 e. The molecule has 1 aromatic carbocycles. The van der Waals surface area contributed by atoms with E-state index in [-0.39, 0.29) is 29.4 Å². The Hall–Kier alpha value is -1.59. The van der Waals surface area contributed by atoms with Gasteiger partial charge >= 0.3 is 0 Å². The molecule has 18 heavy (non-hydrogen) atoms. The summed E-state index contributed by atoms with van der Waals surface area (Å²) in [7, 11) is 2.05. The summed E-state index contributed by atoms with van der Waals surface area (Å²) in [5.74, 6) is -0.557. The summed E-state index contributed by atoms with van der Waals surface area (Å²) in [6.07, 6.45) is 0. The molecule has 1 aliphatic rings. The summed E-state index contributed by atoms with van der Waals surface area (Å²) in [5.41, 5.74) is 0.0245. The lowest BCUT2D eigenvalue weighted by Gasteiger charge is -2.31. The molecule has 0 saturated carbocycles. The average Bonchev–Trinajstić information content (AvgIpc) is 2.32. The van der Waals surface area contributed by atoms with Crippen LogP contribution in [0.1, 0.15) is 10.4 Å². The van der Waals surface area contributed by atoms with Gasteiger partial charge in [-0.3, -0.25) is 9.69 Å². The first-order chi connectivity index (χ1) is 8.58. The van der Waals surface area contributed by atoms with Crippen LogP contribution in [0.5, 0.6) is 11.5 Å². The quantitative estimate of drug-likeness (QED) is 0.766. The van der Waals surface area contributed by atoms with Crippen LogP contribution in [0.25, 0.3) is 0 Å². The number of ketones is 1. The highest BCUT2D eigenvalue weighted by atomic mass is 16.3. The third kappa shape index (κ3) is 2.80. The fourth-order valence-corrected chi connectivity index (χ4v) is 2.10. The van der Waals surface area contributed by atoms with Crippen molar-refractivity contribution in [2.45, 2.75) is 0 Å². The minimum absolute atomic E-state index is 0.0245. The Kier molecular flexibility index (Phi) is 3.84. The summed E-state index contributed by atoms with van der Waals surface area (Å²) in [4.78, 5) is 16.3. The standard InChI is InChI=1S/C13H18N2O3/c1-14-5-7-15(8-6-14)9-12(18)13-10(16)3-2-4-11(13)17/h2-4,16-17H,5-9H2,1H3. The Morgan fingerprint density at radius 3 is 2.28 bits per heavy atom. The van der Waals surface area contributed by atoms with Crippen LogP contribution in [0.4, 0.5) is 0 Å². The number of phenols is 2. The first kappa shape index (κ1) is 12.9.